The van der Waals surface area contributed by atoms with Crippen molar-refractivity contribution in [3.63, 3.8) is 0 Å². The van der Waals surface area contributed by atoms with Crippen LogP contribution in [0.3, 0.4) is 0 Å². The molecule has 1 fully saturated rings. The summed E-state index contributed by atoms with van der Waals surface area (Å²) in [6.45, 7) is 0. The van der Waals surface area contributed by atoms with Crippen molar-refractivity contribution in [1.82, 2.24) is 4.90 Å². The highest BCUT2D eigenvalue weighted by atomic mass is 127. The third-order valence-electron chi connectivity index (χ3n) is 2.62. The smallest absolute Gasteiger partial charge is 0.287 e. The van der Waals surface area contributed by atoms with Crippen LogP contribution >= 0.6 is 22.6 Å². The van der Waals surface area contributed by atoms with Gasteiger partial charge in [0.25, 0.3) is 6.02 Å². The van der Waals surface area contributed by atoms with Crippen molar-refractivity contribution in [2.45, 2.75) is 35.3 Å². The summed E-state index contributed by atoms with van der Waals surface area (Å²) in [6, 6.07) is 1.23. The summed E-state index contributed by atoms with van der Waals surface area (Å²) in [4.78, 5) is 6.56. The van der Waals surface area contributed by atoms with Gasteiger partial charge >= 0.3 is 0 Å². The molecule has 0 radical (unpaired) electrons. The molecular formula is C9H15IN2O. The molecule has 4 heteroatoms. The van der Waals surface area contributed by atoms with Crippen LogP contribution in [0.15, 0.2) is 4.99 Å². The normalized spacial score (nSPS) is 37.8. The standard InChI is InChI=1S/C9H15IN2O/c1-12(2)9-11-8-6(10)4-3-5-7(8)13-9/h6-8H,3-5H2,1-2H3. The Kier molecular flexibility index (Phi) is 2.67. The van der Waals surface area contributed by atoms with E-state index >= 15 is 0 Å². The van der Waals surface area contributed by atoms with Crippen LogP contribution in [-0.2, 0) is 4.74 Å². The first-order chi connectivity index (χ1) is 6.18. The number of fused-ring (bicyclic) bond motifs is 1. The molecule has 0 saturated heterocycles. The first-order valence-electron chi connectivity index (χ1n) is 4.74. The number of alkyl halides is 1. The molecule has 3 atom stereocenters. The molecule has 2 rings (SSSR count). The van der Waals surface area contributed by atoms with Crippen LogP contribution in [0.5, 0.6) is 0 Å². The molecule has 0 bridgehead atoms. The maximum atomic E-state index is 5.77. The molecular weight excluding hydrogens is 279 g/mol. The van der Waals surface area contributed by atoms with Crippen LogP contribution in [0.2, 0.25) is 0 Å². The zero-order valence-corrected chi connectivity index (χ0v) is 10.2. The number of rotatable bonds is 0. The highest BCUT2D eigenvalue weighted by molar-refractivity contribution is 14.1. The van der Waals surface area contributed by atoms with Gasteiger partial charge in [-0.1, -0.05) is 22.6 Å². The minimum atomic E-state index is 0.355. The third-order valence-corrected chi connectivity index (χ3v) is 3.98. The summed E-state index contributed by atoms with van der Waals surface area (Å²) in [6.07, 6.45) is 4.10. The third kappa shape index (κ3) is 1.78. The molecule has 0 N–H and O–H groups in total. The Balaban J connectivity index is 2.10. The second-order valence-corrected chi connectivity index (χ2v) is 5.50. The van der Waals surface area contributed by atoms with Crippen molar-refractivity contribution in [2.75, 3.05) is 14.1 Å². The fourth-order valence-electron chi connectivity index (χ4n) is 1.90. The lowest BCUT2D eigenvalue weighted by molar-refractivity contribution is 0.142. The first kappa shape index (κ1) is 9.55. The van der Waals surface area contributed by atoms with Gasteiger partial charge in [-0.2, -0.15) is 0 Å². The van der Waals surface area contributed by atoms with Crippen LogP contribution < -0.4 is 0 Å². The van der Waals surface area contributed by atoms with Crippen molar-refractivity contribution in [3.8, 4) is 0 Å². The van der Waals surface area contributed by atoms with E-state index in [9.17, 15) is 0 Å². The van der Waals surface area contributed by atoms with E-state index in [2.05, 4.69) is 27.6 Å². The van der Waals surface area contributed by atoms with E-state index < -0.39 is 0 Å². The Morgan fingerprint density at radius 1 is 1.46 bits per heavy atom. The Morgan fingerprint density at radius 2 is 2.23 bits per heavy atom. The van der Waals surface area contributed by atoms with Crippen molar-refractivity contribution in [1.29, 1.82) is 0 Å². The molecule has 1 aliphatic carbocycles. The number of hydrogen-bond acceptors (Lipinski definition) is 3. The van der Waals surface area contributed by atoms with Gasteiger partial charge < -0.3 is 9.64 Å². The van der Waals surface area contributed by atoms with E-state index in [0.717, 1.165) is 6.02 Å². The monoisotopic (exact) mass is 294 g/mol. The van der Waals surface area contributed by atoms with E-state index in [0.29, 0.717) is 16.1 Å². The van der Waals surface area contributed by atoms with Gasteiger partial charge in [0, 0.05) is 18.0 Å². The molecule has 0 spiro atoms. The highest BCUT2D eigenvalue weighted by Crippen LogP contribution is 2.33. The number of ether oxygens (including phenoxy) is 1. The lowest BCUT2D eigenvalue weighted by atomic mass is 9.93. The molecule has 1 heterocycles. The predicted octanol–water partition coefficient (Wildman–Crippen LogP) is 1.66. The fourth-order valence-corrected chi connectivity index (χ4v) is 2.96. The summed E-state index contributed by atoms with van der Waals surface area (Å²) in [7, 11) is 3.97. The van der Waals surface area contributed by atoms with E-state index in [4.69, 9.17) is 4.74 Å². The molecule has 74 valence electrons. The first-order valence-corrected chi connectivity index (χ1v) is 5.99. The van der Waals surface area contributed by atoms with Gasteiger partial charge in [0.1, 0.15) is 12.1 Å². The number of halogens is 1. The molecule has 3 nitrogen and oxygen atoms in total. The molecule has 1 saturated carbocycles. The molecule has 2 aliphatic rings. The van der Waals surface area contributed by atoms with E-state index in [1.165, 1.54) is 19.3 Å². The van der Waals surface area contributed by atoms with Crippen molar-refractivity contribution < 1.29 is 4.74 Å². The zero-order valence-electron chi connectivity index (χ0n) is 8.03. The molecule has 0 aromatic carbocycles. The lowest BCUT2D eigenvalue weighted by Gasteiger charge is -2.26. The summed E-state index contributed by atoms with van der Waals surface area (Å²) in [5.74, 6) is 0. The highest BCUT2D eigenvalue weighted by Gasteiger charge is 2.38. The Morgan fingerprint density at radius 3 is 2.85 bits per heavy atom. The van der Waals surface area contributed by atoms with Crippen molar-refractivity contribution in [3.05, 3.63) is 0 Å². The Labute approximate surface area is 92.7 Å². The van der Waals surface area contributed by atoms with Crippen molar-refractivity contribution in [2.24, 2.45) is 4.99 Å². The van der Waals surface area contributed by atoms with Gasteiger partial charge in [-0.15, -0.1) is 0 Å². The summed E-state index contributed by atoms with van der Waals surface area (Å²) in [5, 5.41) is 0. The number of amidine groups is 1. The summed E-state index contributed by atoms with van der Waals surface area (Å²) in [5.41, 5.74) is 0. The van der Waals surface area contributed by atoms with E-state index in [1.807, 2.05) is 19.0 Å². The average molecular weight is 294 g/mol. The summed E-state index contributed by atoms with van der Waals surface area (Å²) < 4.78 is 6.43. The van der Waals surface area contributed by atoms with Crippen molar-refractivity contribution >= 4 is 28.6 Å². The minimum absolute atomic E-state index is 0.355. The molecule has 1 aliphatic heterocycles. The van der Waals surface area contributed by atoms with E-state index in [-0.39, 0.29) is 0 Å². The van der Waals surface area contributed by atoms with Crippen LogP contribution in [-0.4, -0.2) is 41.1 Å². The van der Waals surface area contributed by atoms with Gasteiger partial charge in [-0.3, -0.25) is 0 Å². The SMILES string of the molecule is CN(C)C1=NC2C(I)CCCC2O1. The predicted molar refractivity (Wildman–Crippen MR) is 61.4 cm³/mol. The van der Waals surface area contributed by atoms with Gasteiger partial charge in [-0.05, 0) is 19.3 Å². The minimum Gasteiger partial charge on any atom is -0.460 e. The lowest BCUT2D eigenvalue weighted by Crippen LogP contribution is -2.34. The van der Waals surface area contributed by atoms with Crippen LogP contribution in [0.25, 0.3) is 0 Å². The maximum Gasteiger partial charge on any atom is 0.287 e. The largest absolute Gasteiger partial charge is 0.460 e. The topological polar surface area (TPSA) is 24.8 Å². The zero-order chi connectivity index (χ0) is 9.42. The number of aliphatic imine (C=N–C) groups is 1. The molecule has 0 amide bonds. The van der Waals surface area contributed by atoms with Gasteiger partial charge in [0.15, 0.2) is 0 Å². The molecule has 13 heavy (non-hydrogen) atoms. The number of nitrogens with zero attached hydrogens (tertiary/aromatic N) is 2. The Bertz CT molecular complexity index is 230. The van der Waals surface area contributed by atoms with Crippen LogP contribution in [0.4, 0.5) is 0 Å². The van der Waals surface area contributed by atoms with Crippen LogP contribution in [0, 0.1) is 0 Å². The number of hydrogen-bond donors (Lipinski definition) is 0. The molecule has 0 aromatic rings. The van der Waals surface area contributed by atoms with Gasteiger partial charge in [0.2, 0.25) is 0 Å². The molecule has 3 unspecified atom stereocenters. The average Bonchev–Trinajstić information content (AvgIpc) is 2.49. The second kappa shape index (κ2) is 3.63. The quantitative estimate of drug-likeness (QED) is 0.501. The Hall–Kier alpha value is -0.0000000000000000555. The van der Waals surface area contributed by atoms with Crippen LogP contribution in [0.1, 0.15) is 19.3 Å². The van der Waals surface area contributed by atoms with Gasteiger partial charge in [0.05, 0.1) is 0 Å². The fraction of sp³-hybridized carbons (Fsp3) is 0.889. The molecule has 0 aromatic heterocycles. The maximum absolute atomic E-state index is 5.77. The summed E-state index contributed by atoms with van der Waals surface area (Å²) >= 11 is 2.50. The van der Waals surface area contributed by atoms with E-state index in [1.54, 1.807) is 0 Å². The second-order valence-electron chi connectivity index (χ2n) is 3.90. The van der Waals surface area contributed by atoms with Gasteiger partial charge in [-0.25, -0.2) is 4.99 Å².